The van der Waals surface area contributed by atoms with Crippen molar-refractivity contribution >= 4 is 17.7 Å². The van der Waals surface area contributed by atoms with Crippen molar-refractivity contribution in [3.8, 4) is 11.4 Å². The molecule has 0 saturated heterocycles. The number of Topliss-reactive ketones (excluding diaryl/α,β-unsaturated/α-hetero) is 1. The van der Waals surface area contributed by atoms with Gasteiger partial charge in [-0.2, -0.15) is 0 Å². The van der Waals surface area contributed by atoms with E-state index < -0.39 is 0 Å². The molecule has 116 valence electrons. The molecule has 1 N–H and O–H groups in total. The predicted molar refractivity (Wildman–Crippen MR) is 94.6 cm³/mol. The number of hydrogen-bond acceptors (Lipinski definition) is 4. The first-order valence-electron chi connectivity index (χ1n) is 7.75. The third kappa shape index (κ3) is 2.48. The lowest BCUT2D eigenvalue weighted by Gasteiger charge is -2.05. The summed E-state index contributed by atoms with van der Waals surface area (Å²) in [6.07, 6.45) is 1.84. The second-order valence-electron chi connectivity index (χ2n) is 5.65. The van der Waals surface area contributed by atoms with Crippen LogP contribution in [-0.4, -0.2) is 15.8 Å². The second-order valence-corrected chi connectivity index (χ2v) is 5.65. The molecule has 2 heterocycles. The zero-order chi connectivity index (χ0) is 16.5. The van der Waals surface area contributed by atoms with E-state index in [1.165, 1.54) is 0 Å². The third-order valence-corrected chi connectivity index (χ3v) is 3.96. The average Bonchev–Trinajstić information content (AvgIpc) is 2.93. The highest BCUT2D eigenvalue weighted by Crippen LogP contribution is 2.31. The van der Waals surface area contributed by atoms with Crippen molar-refractivity contribution in [1.29, 1.82) is 0 Å². The Balaban J connectivity index is 1.76. The van der Waals surface area contributed by atoms with E-state index in [-0.39, 0.29) is 5.78 Å². The minimum atomic E-state index is -0.0639. The number of ketones is 1. The molecule has 1 aromatic heterocycles. The van der Waals surface area contributed by atoms with Crippen molar-refractivity contribution in [2.24, 2.45) is 0 Å². The molecule has 1 aliphatic rings. The molecule has 2 aromatic carbocycles. The number of aromatic nitrogens is 2. The first kappa shape index (κ1) is 14.3. The Hall–Kier alpha value is -3.27. The van der Waals surface area contributed by atoms with Gasteiger partial charge in [-0.3, -0.25) is 4.79 Å². The number of anilines is 1. The Labute approximate surface area is 139 Å². The number of allylic oxidation sites excluding steroid dienone is 1. The Bertz CT molecular complexity index is 947. The zero-order valence-electron chi connectivity index (χ0n) is 13.2. The van der Waals surface area contributed by atoms with Crippen molar-refractivity contribution in [2.45, 2.75) is 6.92 Å². The van der Waals surface area contributed by atoms with E-state index >= 15 is 0 Å². The number of nitrogens with one attached hydrogen (secondary N) is 1. The van der Waals surface area contributed by atoms with E-state index in [1.807, 2.05) is 73.7 Å². The van der Waals surface area contributed by atoms with Gasteiger partial charge in [0.2, 0.25) is 5.78 Å². The highest BCUT2D eigenvalue weighted by molar-refractivity contribution is 6.20. The van der Waals surface area contributed by atoms with Crippen LogP contribution in [0.15, 0.2) is 66.4 Å². The molecular formula is C20H15N3O. The van der Waals surface area contributed by atoms with Crippen LogP contribution in [0.5, 0.6) is 0 Å². The van der Waals surface area contributed by atoms with Crippen molar-refractivity contribution in [3.63, 3.8) is 0 Å². The first-order valence-corrected chi connectivity index (χ1v) is 7.75. The summed E-state index contributed by atoms with van der Waals surface area (Å²) in [5, 5.41) is 3.14. The molecular weight excluding hydrogens is 298 g/mol. The maximum Gasteiger partial charge on any atom is 0.214 e. The molecule has 0 amide bonds. The Morgan fingerprint density at radius 1 is 0.917 bits per heavy atom. The number of benzene rings is 2. The molecule has 0 aliphatic carbocycles. The summed E-state index contributed by atoms with van der Waals surface area (Å²) in [6, 6.07) is 19.5. The van der Waals surface area contributed by atoms with Gasteiger partial charge in [-0.15, -0.1) is 0 Å². The van der Waals surface area contributed by atoms with Gasteiger partial charge < -0.3 is 5.32 Å². The summed E-state index contributed by atoms with van der Waals surface area (Å²) < 4.78 is 0. The zero-order valence-corrected chi connectivity index (χ0v) is 13.2. The van der Waals surface area contributed by atoms with E-state index in [4.69, 9.17) is 0 Å². The van der Waals surface area contributed by atoms with Crippen LogP contribution < -0.4 is 5.32 Å². The molecule has 24 heavy (non-hydrogen) atoms. The van der Waals surface area contributed by atoms with Gasteiger partial charge in [-0.1, -0.05) is 60.7 Å². The molecule has 0 atom stereocenters. The molecule has 3 aromatic rings. The Kier molecular flexibility index (Phi) is 3.43. The monoisotopic (exact) mass is 313 g/mol. The Morgan fingerprint density at radius 2 is 1.58 bits per heavy atom. The Morgan fingerprint density at radius 3 is 2.29 bits per heavy atom. The van der Waals surface area contributed by atoms with Gasteiger partial charge >= 0.3 is 0 Å². The lowest BCUT2D eigenvalue weighted by Crippen LogP contribution is -2.02. The van der Waals surface area contributed by atoms with E-state index in [2.05, 4.69) is 15.3 Å². The van der Waals surface area contributed by atoms with E-state index in [1.54, 1.807) is 0 Å². The van der Waals surface area contributed by atoms with Gasteiger partial charge in [-0.25, -0.2) is 9.97 Å². The van der Waals surface area contributed by atoms with Crippen LogP contribution in [0.2, 0.25) is 0 Å². The molecule has 4 nitrogen and oxygen atoms in total. The molecule has 0 unspecified atom stereocenters. The summed E-state index contributed by atoms with van der Waals surface area (Å²) in [6.45, 7) is 1.85. The standard InChI is InChI=1S/C20H15N3O/c1-13-17-18(24)16(12-14-8-4-2-5-9-14)22-20(17)23-19(21-13)15-10-6-3-7-11-15/h2-12H,1H3,(H,21,22,23). The van der Waals surface area contributed by atoms with Gasteiger partial charge in [0.25, 0.3) is 0 Å². The normalized spacial score (nSPS) is 14.5. The third-order valence-electron chi connectivity index (χ3n) is 3.96. The summed E-state index contributed by atoms with van der Waals surface area (Å²) >= 11 is 0. The van der Waals surface area contributed by atoms with Crippen LogP contribution in [0.4, 0.5) is 5.82 Å². The molecule has 0 fully saturated rings. The fourth-order valence-corrected chi connectivity index (χ4v) is 2.79. The van der Waals surface area contributed by atoms with Crippen molar-refractivity contribution in [3.05, 3.63) is 83.2 Å². The van der Waals surface area contributed by atoms with Crippen LogP contribution in [0.1, 0.15) is 21.6 Å². The average molecular weight is 313 g/mol. The number of carbonyl (C=O) groups excluding carboxylic acids is 1. The summed E-state index contributed by atoms with van der Waals surface area (Å²) in [4.78, 5) is 21.7. The van der Waals surface area contributed by atoms with Gasteiger partial charge in [0.05, 0.1) is 17.0 Å². The van der Waals surface area contributed by atoms with Crippen LogP contribution in [0, 0.1) is 6.92 Å². The summed E-state index contributed by atoms with van der Waals surface area (Å²) in [5.74, 6) is 1.13. The van der Waals surface area contributed by atoms with Gasteiger partial charge in [0.15, 0.2) is 5.82 Å². The van der Waals surface area contributed by atoms with E-state index in [9.17, 15) is 4.79 Å². The van der Waals surface area contributed by atoms with Crippen molar-refractivity contribution in [2.75, 3.05) is 5.32 Å². The minimum Gasteiger partial charge on any atom is -0.336 e. The highest BCUT2D eigenvalue weighted by Gasteiger charge is 2.29. The lowest BCUT2D eigenvalue weighted by molar-refractivity contribution is 0.104. The van der Waals surface area contributed by atoms with Gasteiger partial charge in [-0.05, 0) is 18.6 Å². The van der Waals surface area contributed by atoms with E-state index in [0.717, 1.165) is 11.1 Å². The molecule has 0 saturated carbocycles. The number of fused-ring (bicyclic) bond motifs is 1. The minimum absolute atomic E-state index is 0.0639. The molecule has 4 heteroatoms. The van der Waals surface area contributed by atoms with Crippen LogP contribution in [0.3, 0.4) is 0 Å². The second kappa shape index (κ2) is 5.74. The number of rotatable bonds is 2. The number of hydrogen-bond donors (Lipinski definition) is 1. The first-order chi connectivity index (χ1) is 11.7. The maximum atomic E-state index is 12.7. The topological polar surface area (TPSA) is 54.9 Å². The smallest absolute Gasteiger partial charge is 0.214 e. The van der Waals surface area contributed by atoms with Crippen LogP contribution in [-0.2, 0) is 0 Å². The SMILES string of the molecule is Cc1nc(-c2ccccc2)nc2c1C(=O)C(=Cc1ccccc1)N2. The van der Waals surface area contributed by atoms with Gasteiger partial charge in [0, 0.05) is 5.56 Å². The molecule has 0 bridgehead atoms. The van der Waals surface area contributed by atoms with Crippen molar-refractivity contribution in [1.82, 2.24) is 9.97 Å². The molecule has 0 spiro atoms. The lowest BCUT2D eigenvalue weighted by atomic mass is 10.1. The van der Waals surface area contributed by atoms with Crippen LogP contribution in [0.25, 0.3) is 17.5 Å². The largest absolute Gasteiger partial charge is 0.336 e. The highest BCUT2D eigenvalue weighted by atomic mass is 16.1. The molecule has 4 rings (SSSR count). The van der Waals surface area contributed by atoms with Crippen molar-refractivity contribution < 1.29 is 4.79 Å². The maximum absolute atomic E-state index is 12.7. The quantitative estimate of drug-likeness (QED) is 0.724. The molecule has 1 aliphatic heterocycles. The number of nitrogens with zero attached hydrogens (tertiary/aromatic N) is 2. The summed E-state index contributed by atoms with van der Waals surface area (Å²) in [7, 11) is 0. The number of aryl methyl sites for hydroxylation is 1. The molecule has 0 radical (unpaired) electrons. The summed E-state index contributed by atoms with van der Waals surface area (Å²) in [5.41, 5.74) is 3.66. The van der Waals surface area contributed by atoms with Crippen LogP contribution >= 0.6 is 0 Å². The number of carbonyl (C=O) groups is 1. The fraction of sp³-hybridized carbons (Fsp3) is 0.0500. The predicted octanol–water partition coefficient (Wildman–Crippen LogP) is 4.10. The fourth-order valence-electron chi connectivity index (χ4n) is 2.79. The van der Waals surface area contributed by atoms with E-state index in [0.29, 0.717) is 28.6 Å². The van der Waals surface area contributed by atoms with Gasteiger partial charge in [0.1, 0.15) is 5.82 Å².